The molecule has 2 aromatic rings. The number of carboxylic acids is 1. The molecule has 0 aliphatic rings. The van der Waals surface area contributed by atoms with E-state index in [-0.39, 0.29) is 11.6 Å². The van der Waals surface area contributed by atoms with Gasteiger partial charge in [-0.05, 0) is 17.2 Å². The summed E-state index contributed by atoms with van der Waals surface area (Å²) in [6, 6.07) is 8.02. The molecule has 0 atom stereocenters. The van der Waals surface area contributed by atoms with E-state index in [0.29, 0.717) is 0 Å². The zero-order chi connectivity index (χ0) is 17.4. The highest BCUT2D eigenvalue weighted by molar-refractivity contribution is 5.98. The van der Waals surface area contributed by atoms with Crippen molar-refractivity contribution in [3.05, 3.63) is 59.2 Å². The highest BCUT2D eigenvalue weighted by atomic mass is 19.4. The van der Waals surface area contributed by atoms with Crippen LogP contribution in [0.1, 0.15) is 21.5 Å². The Labute approximate surface area is 126 Å². The predicted molar refractivity (Wildman–Crippen MR) is 68.8 cm³/mol. The lowest BCUT2D eigenvalue weighted by Gasteiger charge is -2.20. The van der Waals surface area contributed by atoms with Crippen molar-refractivity contribution in [2.45, 2.75) is 12.4 Å². The van der Waals surface area contributed by atoms with Gasteiger partial charge in [-0.15, -0.1) is 0 Å². The minimum absolute atomic E-state index is 0.0733. The summed E-state index contributed by atoms with van der Waals surface area (Å²) in [5, 5.41) is 9.09. The fraction of sp³-hybridized carbons (Fsp3) is 0.133. The molecular weight excluding hydrogens is 326 g/mol. The number of hydrogen-bond acceptors (Lipinski definition) is 1. The third kappa shape index (κ3) is 3.30. The largest absolute Gasteiger partial charge is 0.478 e. The predicted octanol–water partition coefficient (Wildman–Crippen LogP) is 5.09. The van der Waals surface area contributed by atoms with Gasteiger partial charge in [0.25, 0.3) is 0 Å². The van der Waals surface area contributed by atoms with Gasteiger partial charge in [0.05, 0.1) is 16.7 Å². The summed E-state index contributed by atoms with van der Waals surface area (Å²) >= 11 is 0. The molecule has 0 heterocycles. The molecule has 122 valence electrons. The van der Waals surface area contributed by atoms with Crippen LogP contribution in [0.5, 0.6) is 0 Å². The van der Waals surface area contributed by atoms with Gasteiger partial charge in [0.15, 0.2) is 0 Å². The topological polar surface area (TPSA) is 37.3 Å². The molecule has 1 N–H and O–H groups in total. The van der Waals surface area contributed by atoms with Gasteiger partial charge >= 0.3 is 18.3 Å². The summed E-state index contributed by atoms with van der Waals surface area (Å²) in [7, 11) is 0. The first kappa shape index (κ1) is 16.9. The maximum absolute atomic E-state index is 13.1. The summed E-state index contributed by atoms with van der Waals surface area (Å²) in [5.41, 5.74) is -6.00. The number of rotatable bonds is 2. The highest BCUT2D eigenvalue weighted by Crippen LogP contribution is 2.44. The Hall–Kier alpha value is -2.51. The van der Waals surface area contributed by atoms with E-state index in [4.69, 9.17) is 5.11 Å². The smallest absolute Gasteiger partial charge is 0.417 e. The molecule has 23 heavy (non-hydrogen) atoms. The lowest BCUT2D eigenvalue weighted by atomic mass is 9.91. The van der Waals surface area contributed by atoms with Crippen molar-refractivity contribution in [1.29, 1.82) is 0 Å². The molecule has 2 nitrogen and oxygen atoms in total. The van der Waals surface area contributed by atoms with Gasteiger partial charge in [-0.1, -0.05) is 36.4 Å². The number of aromatic carboxylic acids is 1. The quantitative estimate of drug-likeness (QED) is 0.777. The molecule has 0 amide bonds. The summed E-state index contributed by atoms with van der Waals surface area (Å²) < 4.78 is 78.0. The van der Waals surface area contributed by atoms with E-state index in [1.807, 2.05) is 0 Å². The Morgan fingerprint density at radius 3 is 1.83 bits per heavy atom. The zero-order valence-corrected chi connectivity index (χ0v) is 11.2. The molecule has 8 heteroatoms. The molecule has 0 aliphatic carbocycles. The number of alkyl halides is 6. The van der Waals surface area contributed by atoms with E-state index in [2.05, 4.69) is 0 Å². The Bertz CT molecular complexity index is 732. The molecule has 0 aliphatic heterocycles. The molecule has 0 aromatic heterocycles. The fourth-order valence-corrected chi connectivity index (χ4v) is 2.21. The van der Waals surface area contributed by atoms with Crippen LogP contribution in [0.3, 0.4) is 0 Å². The van der Waals surface area contributed by atoms with Crippen molar-refractivity contribution in [3.63, 3.8) is 0 Å². The fourth-order valence-electron chi connectivity index (χ4n) is 2.21. The van der Waals surface area contributed by atoms with E-state index in [1.54, 1.807) is 6.07 Å². The molecule has 0 radical (unpaired) electrons. The van der Waals surface area contributed by atoms with Gasteiger partial charge < -0.3 is 5.11 Å². The third-order valence-electron chi connectivity index (χ3n) is 3.09. The van der Waals surface area contributed by atoms with Crippen LogP contribution in [0.2, 0.25) is 0 Å². The summed E-state index contributed by atoms with van der Waals surface area (Å²) in [6.07, 6.45) is -10.8. The number of benzene rings is 2. The Morgan fingerprint density at radius 1 is 0.826 bits per heavy atom. The van der Waals surface area contributed by atoms with Crippen LogP contribution < -0.4 is 0 Å². The first-order chi connectivity index (χ1) is 10.5. The van der Waals surface area contributed by atoms with Crippen molar-refractivity contribution in [3.8, 4) is 11.1 Å². The van der Waals surface area contributed by atoms with Gasteiger partial charge in [0.1, 0.15) is 0 Å². The number of carbonyl (C=O) groups is 1. The lowest BCUT2D eigenvalue weighted by Crippen LogP contribution is -2.21. The SMILES string of the molecule is O=C(O)c1c(-c2ccccc2)ccc(C(F)(F)F)c1C(F)(F)F. The average molecular weight is 334 g/mol. The second-order valence-corrected chi connectivity index (χ2v) is 4.58. The number of hydrogen-bond donors (Lipinski definition) is 1. The number of halogens is 6. The lowest BCUT2D eigenvalue weighted by molar-refractivity contribution is -0.162. The van der Waals surface area contributed by atoms with E-state index >= 15 is 0 Å². The standard InChI is InChI=1S/C15H8F6O2/c16-14(17,18)10-7-6-9(8-4-2-1-3-5-8)11(13(22)23)12(10)15(19,20)21/h1-7H,(H,22,23). The average Bonchev–Trinajstić information content (AvgIpc) is 2.44. The molecule has 2 aromatic carbocycles. The van der Waals surface area contributed by atoms with Crippen molar-refractivity contribution in [2.24, 2.45) is 0 Å². The molecule has 0 unspecified atom stereocenters. The monoisotopic (exact) mass is 334 g/mol. The van der Waals surface area contributed by atoms with Crippen LogP contribution in [0.15, 0.2) is 42.5 Å². The van der Waals surface area contributed by atoms with Crippen LogP contribution in [0.25, 0.3) is 11.1 Å². The maximum Gasteiger partial charge on any atom is 0.417 e. The zero-order valence-electron chi connectivity index (χ0n) is 11.2. The van der Waals surface area contributed by atoms with Gasteiger partial charge in [-0.2, -0.15) is 26.3 Å². The van der Waals surface area contributed by atoms with Gasteiger partial charge in [-0.3, -0.25) is 0 Å². The Balaban J connectivity index is 2.91. The minimum Gasteiger partial charge on any atom is -0.478 e. The van der Waals surface area contributed by atoms with Crippen molar-refractivity contribution in [2.75, 3.05) is 0 Å². The van der Waals surface area contributed by atoms with E-state index in [0.717, 1.165) is 6.07 Å². The van der Waals surface area contributed by atoms with Gasteiger partial charge in [0, 0.05) is 0 Å². The van der Waals surface area contributed by atoms with Gasteiger partial charge in [-0.25, -0.2) is 4.79 Å². The molecular formula is C15H8F6O2. The Morgan fingerprint density at radius 2 is 1.39 bits per heavy atom. The second-order valence-electron chi connectivity index (χ2n) is 4.58. The maximum atomic E-state index is 13.1. The van der Waals surface area contributed by atoms with Crippen LogP contribution in [-0.4, -0.2) is 11.1 Å². The molecule has 2 rings (SSSR count). The van der Waals surface area contributed by atoms with E-state index in [1.165, 1.54) is 24.3 Å². The molecule has 0 saturated carbocycles. The van der Waals surface area contributed by atoms with Crippen LogP contribution in [-0.2, 0) is 12.4 Å². The van der Waals surface area contributed by atoms with Crippen molar-refractivity contribution < 1.29 is 36.2 Å². The first-order valence-corrected chi connectivity index (χ1v) is 6.13. The van der Waals surface area contributed by atoms with Crippen LogP contribution in [0.4, 0.5) is 26.3 Å². The van der Waals surface area contributed by atoms with Gasteiger partial charge in [0.2, 0.25) is 0 Å². The third-order valence-corrected chi connectivity index (χ3v) is 3.09. The molecule has 0 fully saturated rings. The van der Waals surface area contributed by atoms with E-state index in [9.17, 15) is 31.1 Å². The Kier molecular flexibility index (Phi) is 4.10. The second kappa shape index (κ2) is 5.60. The summed E-state index contributed by atoms with van der Waals surface area (Å²) in [4.78, 5) is 11.3. The van der Waals surface area contributed by atoms with Crippen molar-refractivity contribution >= 4 is 5.97 Å². The highest BCUT2D eigenvalue weighted by Gasteiger charge is 2.46. The van der Waals surface area contributed by atoms with Crippen molar-refractivity contribution in [1.82, 2.24) is 0 Å². The van der Waals surface area contributed by atoms with E-state index < -0.39 is 40.6 Å². The normalized spacial score (nSPS) is 12.3. The summed E-state index contributed by atoms with van der Waals surface area (Å²) in [6.45, 7) is 0. The molecule has 0 saturated heterocycles. The molecule has 0 spiro atoms. The summed E-state index contributed by atoms with van der Waals surface area (Å²) in [5.74, 6) is -2.08. The van der Waals surface area contributed by atoms with Crippen LogP contribution in [0, 0.1) is 0 Å². The first-order valence-electron chi connectivity index (χ1n) is 6.13. The van der Waals surface area contributed by atoms with Crippen LogP contribution >= 0.6 is 0 Å². The minimum atomic E-state index is -5.47. The molecule has 0 bridgehead atoms. The number of carboxylic acid groups (broad SMARTS) is 1.